The van der Waals surface area contributed by atoms with E-state index in [-0.39, 0.29) is 5.92 Å². The summed E-state index contributed by atoms with van der Waals surface area (Å²) in [6, 6.07) is 13.8. The largest absolute Gasteiger partial charge is 0.429 e. The molecule has 2 saturated heterocycles. The molecular formula is C21H27NO4. The van der Waals surface area contributed by atoms with Crippen LogP contribution in [0.5, 0.6) is 11.7 Å². The van der Waals surface area contributed by atoms with Crippen LogP contribution in [-0.4, -0.2) is 41.4 Å². The molecule has 2 aliphatic heterocycles. The number of nitrogens with zero attached hydrogens (tertiary/aromatic N) is 1. The monoisotopic (exact) mass is 357 g/mol. The highest BCUT2D eigenvalue weighted by atomic mass is 16.6. The molecule has 5 nitrogen and oxygen atoms in total. The third-order valence-corrected chi connectivity index (χ3v) is 5.69. The lowest BCUT2D eigenvalue weighted by molar-refractivity contribution is -0.124. The zero-order valence-electron chi connectivity index (χ0n) is 15.3. The molecule has 1 aromatic heterocycles. The van der Waals surface area contributed by atoms with Crippen LogP contribution in [0, 0.1) is 5.92 Å². The van der Waals surface area contributed by atoms with Gasteiger partial charge in [-0.3, -0.25) is 4.90 Å². The maximum atomic E-state index is 10.8. The molecule has 0 unspecified atom stereocenters. The number of ether oxygens (including phenoxy) is 2. The van der Waals surface area contributed by atoms with Crippen molar-refractivity contribution < 1.29 is 19.0 Å². The minimum absolute atomic E-state index is 0.147. The Balaban J connectivity index is 1.42. The van der Waals surface area contributed by atoms with Gasteiger partial charge in [0.1, 0.15) is 11.5 Å². The fourth-order valence-corrected chi connectivity index (χ4v) is 4.19. The molecule has 1 aromatic carbocycles. The standard InChI is InChI=1S/C21H27NO4/c1-21(23)11-13-24-15-18(21)19-8-5-12-22(19)14-17-9-10-20(26-17)25-16-6-3-2-4-7-16/h2-4,6-7,9-10,18-19,23H,5,8,11-15H2,1H3/t18-,19-,21+/m1/s1. The molecular weight excluding hydrogens is 330 g/mol. The van der Waals surface area contributed by atoms with Gasteiger partial charge >= 0.3 is 0 Å². The summed E-state index contributed by atoms with van der Waals surface area (Å²) in [5.41, 5.74) is -0.656. The van der Waals surface area contributed by atoms with E-state index >= 15 is 0 Å². The first-order valence-electron chi connectivity index (χ1n) is 9.48. The first-order valence-corrected chi connectivity index (χ1v) is 9.48. The number of rotatable bonds is 5. The third kappa shape index (κ3) is 3.80. The van der Waals surface area contributed by atoms with Crippen LogP contribution in [0.15, 0.2) is 46.9 Å². The predicted octanol–water partition coefficient (Wildman–Crippen LogP) is 3.82. The molecule has 0 aliphatic carbocycles. The summed E-state index contributed by atoms with van der Waals surface area (Å²) in [5.74, 6) is 2.31. The number of benzene rings is 1. The molecule has 3 heterocycles. The lowest BCUT2D eigenvalue weighted by atomic mass is 9.79. The first kappa shape index (κ1) is 17.6. The molecule has 3 atom stereocenters. The van der Waals surface area contributed by atoms with E-state index in [4.69, 9.17) is 13.9 Å². The van der Waals surface area contributed by atoms with Crippen molar-refractivity contribution in [1.29, 1.82) is 0 Å². The Morgan fingerprint density at radius 1 is 1.23 bits per heavy atom. The van der Waals surface area contributed by atoms with Crippen molar-refractivity contribution >= 4 is 0 Å². The number of hydrogen-bond acceptors (Lipinski definition) is 5. The molecule has 0 bridgehead atoms. The van der Waals surface area contributed by atoms with Crippen LogP contribution < -0.4 is 4.74 Å². The van der Waals surface area contributed by atoms with Gasteiger partial charge in [-0.05, 0) is 50.9 Å². The van der Waals surface area contributed by atoms with Crippen molar-refractivity contribution in [2.45, 2.75) is 44.4 Å². The summed E-state index contributed by atoms with van der Waals surface area (Å²) in [4.78, 5) is 2.42. The van der Waals surface area contributed by atoms with Gasteiger partial charge in [0.15, 0.2) is 0 Å². The van der Waals surface area contributed by atoms with Gasteiger partial charge < -0.3 is 19.0 Å². The maximum absolute atomic E-state index is 10.8. The second-order valence-corrected chi connectivity index (χ2v) is 7.60. The lowest BCUT2D eigenvalue weighted by Gasteiger charge is -2.43. The van der Waals surface area contributed by atoms with E-state index in [9.17, 15) is 5.11 Å². The quantitative estimate of drug-likeness (QED) is 0.881. The normalized spacial score (nSPS) is 29.8. The van der Waals surface area contributed by atoms with Gasteiger partial charge in [0, 0.05) is 24.6 Å². The summed E-state index contributed by atoms with van der Waals surface area (Å²) in [6.45, 7) is 4.99. The van der Waals surface area contributed by atoms with Gasteiger partial charge in [-0.2, -0.15) is 0 Å². The van der Waals surface area contributed by atoms with Crippen molar-refractivity contribution in [3.8, 4) is 11.7 Å². The third-order valence-electron chi connectivity index (χ3n) is 5.69. The van der Waals surface area contributed by atoms with Gasteiger partial charge in [-0.15, -0.1) is 0 Å². The molecule has 4 rings (SSSR count). The van der Waals surface area contributed by atoms with Crippen molar-refractivity contribution in [2.24, 2.45) is 5.92 Å². The summed E-state index contributed by atoms with van der Waals surface area (Å²) in [6.07, 6.45) is 2.95. The summed E-state index contributed by atoms with van der Waals surface area (Å²) >= 11 is 0. The molecule has 140 valence electrons. The average molecular weight is 357 g/mol. The molecule has 0 spiro atoms. The van der Waals surface area contributed by atoms with Crippen molar-refractivity contribution in [1.82, 2.24) is 4.90 Å². The van der Waals surface area contributed by atoms with Crippen molar-refractivity contribution in [2.75, 3.05) is 19.8 Å². The number of likely N-dealkylation sites (tertiary alicyclic amines) is 1. The SMILES string of the molecule is C[C@]1(O)CCOC[C@@H]1[C@H]1CCCN1Cc1ccc(Oc2ccccc2)o1. The molecule has 2 aliphatic rings. The van der Waals surface area contributed by atoms with Gasteiger partial charge in [0.2, 0.25) is 0 Å². The van der Waals surface area contributed by atoms with Crippen LogP contribution >= 0.6 is 0 Å². The highest BCUT2D eigenvalue weighted by molar-refractivity contribution is 5.26. The van der Waals surface area contributed by atoms with Gasteiger partial charge in [-0.25, -0.2) is 0 Å². The van der Waals surface area contributed by atoms with Crippen LogP contribution in [0.25, 0.3) is 0 Å². The highest BCUT2D eigenvalue weighted by Crippen LogP contribution is 2.37. The number of para-hydroxylation sites is 1. The lowest BCUT2D eigenvalue weighted by Crippen LogP contribution is -2.52. The minimum atomic E-state index is -0.656. The van der Waals surface area contributed by atoms with E-state index in [1.807, 2.05) is 49.4 Å². The second-order valence-electron chi connectivity index (χ2n) is 7.60. The Labute approximate surface area is 154 Å². The molecule has 0 amide bonds. The van der Waals surface area contributed by atoms with Crippen molar-refractivity contribution in [3.63, 3.8) is 0 Å². The smallest absolute Gasteiger partial charge is 0.290 e. The first-order chi connectivity index (χ1) is 12.6. The van der Waals surface area contributed by atoms with E-state index in [1.165, 1.54) is 0 Å². The van der Waals surface area contributed by atoms with Crippen LogP contribution in [0.4, 0.5) is 0 Å². The van der Waals surface area contributed by atoms with E-state index in [0.29, 0.717) is 31.6 Å². The topological polar surface area (TPSA) is 55.1 Å². The fourth-order valence-electron chi connectivity index (χ4n) is 4.19. The van der Waals surface area contributed by atoms with E-state index < -0.39 is 5.60 Å². The second kappa shape index (κ2) is 7.43. The number of hydrogen-bond donors (Lipinski definition) is 1. The Hall–Kier alpha value is -1.82. The van der Waals surface area contributed by atoms with Gasteiger partial charge in [0.05, 0.1) is 18.8 Å². The minimum Gasteiger partial charge on any atom is -0.429 e. The fraction of sp³-hybridized carbons (Fsp3) is 0.524. The Morgan fingerprint density at radius 3 is 2.88 bits per heavy atom. The Morgan fingerprint density at radius 2 is 2.08 bits per heavy atom. The Bertz CT molecular complexity index is 712. The van der Waals surface area contributed by atoms with Crippen LogP contribution in [-0.2, 0) is 11.3 Å². The van der Waals surface area contributed by atoms with E-state index in [1.54, 1.807) is 0 Å². The van der Waals surface area contributed by atoms with Crippen molar-refractivity contribution in [3.05, 3.63) is 48.2 Å². The predicted molar refractivity (Wildman–Crippen MR) is 98.2 cm³/mol. The van der Waals surface area contributed by atoms with Gasteiger partial charge in [0.25, 0.3) is 5.95 Å². The molecule has 0 saturated carbocycles. The molecule has 26 heavy (non-hydrogen) atoms. The Kier molecular flexibility index (Phi) is 5.02. The van der Waals surface area contributed by atoms with E-state index in [0.717, 1.165) is 37.4 Å². The maximum Gasteiger partial charge on any atom is 0.290 e. The highest BCUT2D eigenvalue weighted by Gasteiger charge is 2.44. The summed E-state index contributed by atoms with van der Waals surface area (Å²) in [7, 11) is 0. The van der Waals surface area contributed by atoms with E-state index in [2.05, 4.69) is 4.90 Å². The molecule has 2 aromatic rings. The van der Waals surface area contributed by atoms with Crippen LogP contribution in [0.3, 0.4) is 0 Å². The van der Waals surface area contributed by atoms with Crippen LogP contribution in [0.1, 0.15) is 31.9 Å². The summed E-state index contributed by atoms with van der Waals surface area (Å²) in [5, 5.41) is 10.8. The zero-order valence-corrected chi connectivity index (χ0v) is 15.3. The average Bonchev–Trinajstić information content (AvgIpc) is 3.25. The molecule has 1 N–H and O–H groups in total. The van der Waals surface area contributed by atoms with Gasteiger partial charge in [-0.1, -0.05) is 18.2 Å². The van der Waals surface area contributed by atoms with Crippen LogP contribution in [0.2, 0.25) is 0 Å². The zero-order chi connectivity index (χ0) is 18.0. The summed E-state index contributed by atoms with van der Waals surface area (Å²) < 4.78 is 17.3. The molecule has 5 heteroatoms. The molecule has 0 radical (unpaired) electrons. The number of furan rings is 1. The number of aliphatic hydroxyl groups is 1. The molecule has 2 fully saturated rings.